The van der Waals surface area contributed by atoms with Crippen molar-refractivity contribution in [2.24, 2.45) is 5.92 Å². The van der Waals surface area contributed by atoms with Crippen LogP contribution in [0.25, 0.3) is 6.08 Å². The maximum absolute atomic E-state index is 14.3. The van der Waals surface area contributed by atoms with Gasteiger partial charge in [0.2, 0.25) is 0 Å². The number of carbonyl (C=O) groups is 1. The lowest BCUT2D eigenvalue weighted by Gasteiger charge is -2.21. The van der Waals surface area contributed by atoms with Gasteiger partial charge in [-0.2, -0.15) is 26.3 Å². The number of halogens is 10. The van der Waals surface area contributed by atoms with Crippen molar-refractivity contribution < 1.29 is 48.3 Å². The van der Waals surface area contributed by atoms with E-state index in [0.717, 1.165) is 31.2 Å². The second kappa shape index (κ2) is 12.1. The summed E-state index contributed by atoms with van der Waals surface area (Å²) in [5.74, 6) is -10.5. The minimum atomic E-state index is -5.06. The fraction of sp³-hybridized carbons (Fsp3) is 0.400. The monoisotopic (exact) mass is 624 g/mol. The van der Waals surface area contributed by atoms with E-state index >= 15 is 0 Å². The van der Waals surface area contributed by atoms with Gasteiger partial charge in [-0.15, -0.1) is 0 Å². The van der Waals surface area contributed by atoms with Crippen LogP contribution >= 0.6 is 23.2 Å². The third kappa shape index (κ3) is 10.4. The molecule has 0 aliphatic carbocycles. The van der Waals surface area contributed by atoms with Gasteiger partial charge >= 0.3 is 12.4 Å². The first-order valence-corrected chi connectivity index (χ1v) is 13.7. The molecule has 216 valence electrons. The van der Waals surface area contributed by atoms with E-state index < -0.39 is 74.8 Å². The van der Waals surface area contributed by atoms with Gasteiger partial charge in [-0.3, -0.25) is 4.79 Å². The molecule has 0 bridgehead atoms. The first-order chi connectivity index (χ1) is 17.6. The summed E-state index contributed by atoms with van der Waals surface area (Å²) in [6, 6.07) is 6.22. The van der Waals surface area contributed by atoms with Crippen molar-refractivity contribution in [1.82, 2.24) is 0 Å². The largest absolute Gasteiger partial charge is 0.417 e. The predicted molar refractivity (Wildman–Crippen MR) is 133 cm³/mol. The standard InChI is InChI=1S/C25H22Cl2F8O3S/c1-14(12-39(37,38)13-24(30,31)32)7-22(36)19-5-3-15(8-21(19)25(33,34)35)4-6-20(23(2,28)29)16-9-17(26)11-18(27)10-16/h3-6,8-11,14,20H,7,12-13H2,1-2H3/b6-4+/t14-,20?/m0/s1. The molecular formula is C25H22Cl2F8O3S. The summed E-state index contributed by atoms with van der Waals surface area (Å²) in [6.07, 6.45) is -8.86. The molecule has 0 saturated heterocycles. The van der Waals surface area contributed by atoms with Gasteiger partial charge in [0, 0.05) is 29.0 Å². The summed E-state index contributed by atoms with van der Waals surface area (Å²) < 4.78 is 131. The summed E-state index contributed by atoms with van der Waals surface area (Å²) in [6.45, 7) is 1.74. The molecule has 2 rings (SSSR count). The average Bonchev–Trinajstić information content (AvgIpc) is 2.69. The van der Waals surface area contributed by atoms with Crippen LogP contribution in [0.1, 0.15) is 53.2 Å². The number of allylic oxidation sites excluding steroid dienone is 1. The van der Waals surface area contributed by atoms with Crippen LogP contribution in [0.15, 0.2) is 42.5 Å². The lowest BCUT2D eigenvalue weighted by atomic mass is 9.91. The Hall–Kier alpha value is -2.18. The van der Waals surface area contributed by atoms with Gasteiger partial charge in [-0.1, -0.05) is 54.4 Å². The van der Waals surface area contributed by atoms with Gasteiger partial charge in [0.05, 0.1) is 17.2 Å². The summed E-state index contributed by atoms with van der Waals surface area (Å²) >= 11 is 11.8. The number of sulfone groups is 1. The van der Waals surface area contributed by atoms with Crippen molar-refractivity contribution in [3.8, 4) is 0 Å². The van der Waals surface area contributed by atoms with E-state index in [0.29, 0.717) is 13.0 Å². The van der Waals surface area contributed by atoms with Crippen molar-refractivity contribution in [2.75, 3.05) is 11.5 Å². The quantitative estimate of drug-likeness (QED) is 0.196. The first kappa shape index (κ1) is 33.0. The predicted octanol–water partition coefficient (Wildman–Crippen LogP) is 8.65. The topological polar surface area (TPSA) is 51.2 Å². The van der Waals surface area contributed by atoms with Crippen LogP contribution in [-0.4, -0.2) is 37.8 Å². The van der Waals surface area contributed by atoms with E-state index in [9.17, 15) is 48.3 Å². The molecule has 0 fully saturated rings. The van der Waals surface area contributed by atoms with Crippen molar-refractivity contribution in [3.05, 3.63) is 74.8 Å². The lowest BCUT2D eigenvalue weighted by Crippen LogP contribution is -2.28. The number of hydrogen-bond donors (Lipinski definition) is 0. The highest BCUT2D eigenvalue weighted by atomic mass is 35.5. The Bertz CT molecular complexity index is 1310. The molecule has 2 atom stereocenters. The molecule has 0 spiro atoms. The molecule has 0 radical (unpaired) electrons. The number of carbonyl (C=O) groups excluding carboxylic acids is 1. The van der Waals surface area contributed by atoms with E-state index in [1.54, 1.807) is 0 Å². The zero-order valence-corrected chi connectivity index (χ0v) is 22.6. The number of Topliss-reactive ketones (excluding diaryl/α,β-unsaturated/α-hetero) is 1. The van der Waals surface area contributed by atoms with Crippen LogP contribution in [0.3, 0.4) is 0 Å². The maximum atomic E-state index is 14.3. The Morgan fingerprint density at radius 1 is 0.949 bits per heavy atom. The van der Waals surface area contributed by atoms with Crippen molar-refractivity contribution in [2.45, 2.75) is 44.5 Å². The second-order valence-electron chi connectivity index (χ2n) is 9.20. The Kier molecular flexibility index (Phi) is 10.3. The summed E-state index contributed by atoms with van der Waals surface area (Å²) in [4.78, 5) is 12.6. The zero-order chi connectivity index (χ0) is 30.0. The van der Waals surface area contributed by atoms with Gasteiger partial charge in [-0.25, -0.2) is 17.2 Å². The van der Waals surface area contributed by atoms with Crippen LogP contribution < -0.4 is 0 Å². The molecule has 2 aromatic rings. The van der Waals surface area contributed by atoms with Gasteiger partial charge in [0.15, 0.2) is 15.6 Å². The Balaban J connectivity index is 2.36. The molecule has 39 heavy (non-hydrogen) atoms. The Morgan fingerprint density at radius 3 is 2.00 bits per heavy atom. The highest BCUT2D eigenvalue weighted by molar-refractivity contribution is 7.91. The minimum Gasteiger partial charge on any atom is -0.294 e. The van der Waals surface area contributed by atoms with Crippen LogP contribution in [0.5, 0.6) is 0 Å². The van der Waals surface area contributed by atoms with Crippen LogP contribution in [0.4, 0.5) is 35.1 Å². The van der Waals surface area contributed by atoms with Gasteiger partial charge in [0.1, 0.15) is 5.75 Å². The van der Waals surface area contributed by atoms with E-state index in [-0.39, 0.29) is 21.2 Å². The summed E-state index contributed by atoms with van der Waals surface area (Å²) in [7, 11) is -4.65. The molecule has 0 amide bonds. The molecule has 1 unspecified atom stereocenters. The van der Waals surface area contributed by atoms with Gasteiger partial charge in [0.25, 0.3) is 5.92 Å². The molecule has 0 aromatic heterocycles. The number of ketones is 1. The SMILES string of the molecule is C[C@@H](CC(=O)c1ccc(/C=C/C(c2cc(Cl)cc(Cl)c2)C(C)(F)F)cc1C(F)(F)F)CS(=O)(=O)CC(F)(F)F. The van der Waals surface area contributed by atoms with Crippen molar-refractivity contribution >= 4 is 44.9 Å². The number of alkyl halides is 8. The van der Waals surface area contributed by atoms with Crippen LogP contribution in [0.2, 0.25) is 10.0 Å². The molecule has 0 aliphatic heterocycles. The molecule has 0 heterocycles. The normalized spacial score (nSPS) is 15.0. The fourth-order valence-electron chi connectivity index (χ4n) is 3.91. The molecular weight excluding hydrogens is 603 g/mol. The molecule has 14 heteroatoms. The van der Waals surface area contributed by atoms with Gasteiger partial charge < -0.3 is 0 Å². The summed E-state index contributed by atoms with van der Waals surface area (Å²) in [5, 5.41) is 0.144. The minimum absolute atomic E-state index is 0.00792. The highest BCUT2D eigenvalue weighted by Gasteiger charge is 2.38. The van der Waals surface area contributed by atoms with Crippen LogP contribution in [-0.2, 0) is 16.0 Å². The number of rotatable bonds is 10. The third-order valence-electron chi connectivity index (χ3n) is 5.38. The maximum Gasteiger partial charge on any atom is 0.417 e. The van der Waals surface area contributed by atoms with E-state index in [1.165, 1.54) is 18.2 Å². The van der Waals surface area contributed by atoms with E-state index in [1.807, 2.05) is 0 Å². The molecule has 0 N–H and O–H groups in total. The van der Waals surface area contributed by atoms with Gasteiger partial charge in [-0.05, 0) is 41.3 Å². The Labute approximate surface area is 229 Å². The Morgan fingerprint density at radius 2 is 1.51 bits per heavy atom. The molecule has 0 saturated carbocycles. The second-order valence-corrected chi connectivity index (χ2v) is 12.2. The summed E-state index contributed by atoms with van der Waals surface area (Å²) in [5.41, 5.74) is -2.42. The number of hydrogen-bond acceptors (Lipinski definition) is 3. The molecule has 2 aromatic carbocycles. The van der Waals surface area contributed by atoms with Crippen molar-refractivity contribution in [1.29, 1.82) is 0 Å². The first-order valence-electron chi connectivity index (χ1n) is 11.1. The lowest BCUT2D eigenvalue weighted by molar-refractivity contribution is -0.138. The van der Waals surface area contributed by atoms with E-state index in [4.69, 9.17) is 23.2 Å². The third-order valence-corrected chi connectivity index (χ3v) is 7.66. The van der Waals surface area contributed by atoms with E-state index in [2.05, 4.69) is 0 Å². The molecule has 0 aliphatic rings. The molecule has 3 nitrogen and oxygen atoms in total. The number of benzene rings is 2. The van der Waals surface area contributed by atoms with Crippen molar-refractivity contribution in [3.63, 3.8) is 0 Å². The zero-order valence-electron chi connectivity index (χ0n) is 20.3. The average molecular weight is 625 g/mol. The van der Waals surface area contributed by atoms with Crippen LogP contribution in [0, 0.1) is 5.92 Å². The smallest absolute Gasteiger partial charge is 0.294 e. The fourth-order valence-corrected chi connectivity index (χ4v) is 6.05. The highest BCUT2D eigenvalue weighted by Crippen LogP contribution is 2.38.